The van der Waals surface area contributed by atoms with E-state index < -0.39 is 30.2 Å². The van der Waals surface area contributed by atoms with E-state index in [1.165, 1.54) is 0 Å². The maximum atomic E-state index is 12.5. The Hall–Kier alpha value is -3.53. The molecule has 1 aliphatic carbocycles. The first-order chi connectivity index (χ1) is 16.1. The highest BCUT2D eigenvalue weighted by Gasteiger charge is 2.33. The minimum Gasteiger partial charge on any atom is -0.479 e. The molecule has 3 aromatic rings. The van der Waals surface area contributed by atoms with Gasteiger partial charge < -0.3 is 19.9 Å². The molecular weight excluding hydrogens is 519 g/mol. The Kier molecular flexibility index (Phi) is 6.52. The number of hydrogen-bond acceptors (Lipinski definition) is 4. The molecule has 0 saturated carbocycles. The van der Waals surface area contributed by atoms with Crippen LogP contribution in [0.5, 0.6) is 5.75 Å². The van der Waals surface area contributed by atoms with E-state index in [4.69, 9.17) is 4.74 Å². The number of nitrogens with one attached hydrogen (secondary N) is 1. The van der Waals surface area contributed by atoms with Gasteiger partial charge >= 0.3 is 18.4 Å². The van der Waals surface area contributed by atoms with Gasteiger partial charge in [0, 0.05) is 5.92 Å². The predicted octanol–water partition coefficient (Wildman–Crippen LogP) is 6.01. The molecule has 0 saturated heterocycles. The van der Waals surface area contributed by atoms with Gasteiger partial charge in [-0.2, -0.15) is 0 Å². The zero-order chi connectivity index (χ0) is 24.5. The quantitative estimate of drug-likeness (QED) is 0.403. The average molecular weight is 536 g/mol. The van der Waals surface area contributed by atoms with E-state index in [1.54, 1.807) is 0 Å². The van der Waals surface area contributed by atoms with Crippen LogP contribution in [0.1, 0.15) is 28.7 Å². The Labute approximate surface area is 200 Å². The van der Waals surface area contributed by atoms with Crippen LogP contribution in [0.3, 0.4) is 0 Å². The molecule has 0 aromatic heterocycles. The highest BCUT2D eigenvalue weighted by Crippen LogP contribution is 2.44. The minimum absolute atomic E-state index is 0.0196. The molecule has 6 nitrogen and oxygen atoms in total. The molecule has 1 unspecified atom stereocenters. The number of carboxylic acids is 1. The summed E-state index contributed by atoms with van der Waals surface area (Å²) < 4.78 is 46.5. The maximum Gasteiger partial charge on any atom is 0.573 e. The third-order valence-electron chi connectivity index (χ3n) is 5.37. The normalized spacial score (nSPS) is 13.5. The molecule has 4 rings (SSSR count). The molecule has 2 N–H and O–H groups in total. The number of alkyl carbamates (subject to hydrolysis) is 1. The van der Waals surface area contributed by atoms with Crippen LogP contribution in [0.4, 0.5) is 18.0 Å². The lowest BCUT2D eigenvalue weighted by molar-refractivity contribution is -0.274. The Balaban J connectivity index is 1.47. The first-order valence-electron chi connectivity index (χ1n) is 10.0. The summed E-state index contributed by atoms with van der Waals surface area (Å²) in [5.41, 5.74) is 4.11. The maximum absolute atomic E-state index is 12.5. The van der Waals surface area contributed by atoms with Crippen molar-refractivity contribution in [2.75, 3.05) is 6.61 Å². The Morgan fingerprint density at radius 3 is 2.12 bits per heavy atom. The van der Waals surface area contributed by atoms with Crippen molar-refractivity contribution in [2.45, 2.75) is 18.3 Å². The Morgan fingerprint density at radius 1 is 1.00 bits per heavy atom. The molecule has 0 spiro atoms. The lowest BCUT2D eigenvalue weighted by Crippen LogP contribution is -2.34. The number of aliphatic carboxylic acids is 1. The second kappa shape index (κ2) is 9.38. The fraction of sp³-hybridized carbons (Fsp3) is 0.167. The van der Waals surface area contributed by atoms with Crippen molar-refractivity contribution in [1.82, 2.24) is 5.32 Å². The van der Waals surface area contributed by atoms with Gasteiger partial charge in [0.1, 0.15) is 12.4 Å². The van der Waals surface area contributed by atoms with Crippen LogP contribution in [0.25, 0.3) is 11.1 Å². The SMILES string of the molecule is O=C(NC(C(=O)O)c1ccc(OC(F)(F)F)c(Br)c1)OCC1c2ccccc2-c2ccccc21. The molecule has 10 heteroatoms. The number of amides is 1. The van der Waals surface area contributed by atoms with Gasteiger partial charge in [-0.1, -0.05) is 54.6 Å². The summed E-state index contributed by atoms with van der Waals surface area (Å²) in [7, 11) is 0. The summed E-state index contributed by atoms with van der Waals surface area (Å²) in [4.78, 5) is 24.2. The fourth-order valence-corrected chi connectivity index (χ4v) is 4.43. The van der Waals surface area contributed by atoms with E-state index in [-0.39, 0.29) is 22.6 Å². The lowest BCUT2D eigenvalue weighted by Gasteiger charge is -2.18. The number of ether oxygens (including phenoxy) is 2. The Bertz CT molecular complexity index is 1200. The van der Waals surface area contributed by atoms with E-state index in [0.29, 0.717) is 0 Å². The number of carbonyl (C=O) groups excluding carboxylic acids is 1. The Morgan fingerprint density at radius 2 is 1.59 bits per heavy atom. The van der Waals surface area contributed by atoms with Crippen LogP contribution in [-0.2, 0) is 9.53 Å². The molecule has 1 amide bonds. The van der Waals surface area contributed by atoms with Crippen molar-refractivity contribution in [3.63, 3.8) is 0 Å². The number of carbonyl (C=O) groups is 2. The number of hydrogen-bond donors (Lipinski definition) is 2. The van der Waals surface area contributed by atoms with Gasteiger partial charge in [-0.25, -0.2) is 9.59 Å². The van der Waals surface area contributed by atoms with Gasteiger partial charge in [-0.3, -0.25) is 0 Å². The smallest absolute Gasteiger partial charge is 0.479 e. The standard InChI is InChI=1S/C24H17BrF3NO5/c25-19-11-13(9-10-20(19)34-24(26,27)28)21(22(30)31)29-23(32)33-12-18-16-7-3-1-5-14(16)15-6-2-4-8-17(15)18/h1-11,18,21H,12H2,(H,29,32)(H,30,31). The molecule has 0 radical (unpaired) electrons. The summed E-state index contributed by atoms with van der Waals surface area (Å²) >= 11 is 2.93. The highest BCUT2D eigenvalue weighted by atomic mass is 79.9. The monoisotopic (exact) mass is 535 g/mol. The van der Waals surface area contributed by atoms with Gasteiger partial charge in [-0.05, 0) is 55.9 Å². The third-order valence-corrected chi connectivity index (χ3v) is 5.99. The van der Waals surface area contributed by atoms with Crippen LogP contribution in [0.15, 0.2) is 71.2 Å². The van der Waals surface area contributed by atoms with Gasteiger partial charge in [0.05, 0.1) is 4.47 Å². The van der Waals surface area contributed by atoms with Crippen molar-refractivity contribution < 1.29 is 37.3 Å². The van der Waals surface area contributed by atoms with E-state index in [1.807, 2.05) is 48.5 Å². The van der Waals surface area contributed by atoms with Crippen LogP contribution in [-0.4, -0.2) is 30.1 Å². The summed E-state index contributed by atoms with van der Waals surface area (Å²) in [6, 6.07) is 17.2. The van der Waals surface area contributed by atoms with E-state index in [0.717, 1.165) is 40.5 Å². The summed E-state index contributed by atoms with van der Waals surface area (Å²) in [5, 5.41) is 11.8. The van der Waals surface area contributed by atoms with Gasteiger partial charge in [-0.15, -0.1) is 13.2 Å². The largest absolute Gasteiger partial charge is 0.573 e. The first-order valence-corrected chi connectivity index (χ1v) is 10.8. The zero-order valence-corrected chi connectivity index (χ0v) is 18.9. The molecule has 0 heterocycles. The fourth-order valence-electron chi connectivity index (χ4n) is 3.95. The number of alkyl halides is 3. The van der Waals surface area contributed by atoms with Crippen molar-refractivity contribution in [3.8, 4) is 16.9 Å². The first kappa shape index (κ1) is 23.6. The minimum atomic E-state index is -4.91. The van der Waals surface area contributed by atoms with Crippen molar-refractivity contribution >= 4 is 28.0 Å². The van der Waals surface area contributed by atoms with Gasteiger partial charge in [0.2, 0.25) is 0 Å². The molecule has 0 bridgehead atoms. The van der Waals surface area contributed by atoms with Crippen molar-refractivity contribution in [3.05, 3.63) is 87.9 Å². The number of rotatable bonds is 6. The number of carboxylic acid groups (broad SMARTS) is 1. The average Bonchev–Trinajstić information content (AvgIpc) is 3.10. The second-order valence-electron chi connectivity index (χ2n) is 7.48. The van der Waals surface area contributed by atoms with Gasteiger partial charge in [0.25, 0.3) is 0 Å². The summed E-state index contributed by atoms with van der Waals surface area (Å²) in [6.45, 7) is -0.0196. The molecule has 176 valence electrons. The lowest BCUT2D eigenvalue weighted by atomic mass is 9.98. The van der Waals surface area contributed by atoms with Crippen molar-refractivity contribution in [1.29, 1.82) is 0 Å². The number of halogens is 4. The van der Waals surface area contributed by atoms with Crippen molar-refractivity contribution in [2.24, 2.45) is 0 Å². The van der Waals surface area contributed by atoms with E-state index >= 15 is 0 Å². The predicted molar refractivity (Wildman–Crippen MR) is 119 cm³/mol. The zero-order valence-electron chi connectivity index (χ0n) is 17.3. The van der Waals surface area contributed by atoms with E-state index in [2.05, 4.69) is 26.0 Å². The highest BCUT2D eigenvalue weighted by molar-refractivity contribution is 9.10. The van der Waals surface area contributed by atoms with E-state index in [9.17, 15) is 27.9 Å². The molecule has 1 atom stereocenters. The van der Waals surface area contributed by atoms with Gasteiger partial charge in [0.15, 0.2) is 6.04 Å². The molecule has 0 aliphatic heterocycles. The molecule has 3 aromatic carbocycles. The number of fused-ring (bicyclic) bond motifs is 3. The molecule has 34 heavy (non-hydrogen) atoms. The van der Waals surface area contributed by atoms with Crippen LogP contribution < -0.4 is 10.1 Å². The third kappa shape index (κ3) is 5.01. The second-order valence-corrected chi connectivity index (χ2v) is 8.33. The molecular formula is C24H17BrF3NO5. The molecule has 1 aliphatic rings. The van der Waals surface area contributed by atoms with Crippen LogP contribution in [0.2, 0.25) is 0 Å². The van der Waals surface area contributed by atoms with Crippen LogP contribution in [0, 0.1) is 0 Å². The molecule has 0 fully saturated rings. The topological polar surface area (TPSA) is 84.9 Å². The summed E-state index contributed by atoms with van der Waals surface area (Å²) in [5.74, 6) is -2.17. The number of benzene rings is 3. The van der Waals surface area contributed by atoms with Crippen LogP contribution >= 0.6 is 15.9 Å². The summed E-state index contributed by atoms with van der Waals surface area (Å²) in [6.07, 6.45) is -5.88.